The number of methoxy groups -OCH3 is 1. The zero-order valence-corrected chi connectivity index (χ0v) is 11.1. The Kier molecular flexibility index (Phi) is 4.40. The Labute approximate surface area is 113 Å². The summed E-state index contributed by atoms with van der Waals surface area (Å²) in [5.74, 6) is 0.585. The van der Waals surface area contributed by atoms with Crippen LogP contribution in [0.1, 0.15) is 36.0 Å². The normalized spacial score (nSPS) is 14.9. The van der Waals surface area contributed by atoms with Crippen molar-refractivity contribution in [2.45, 2.75) is 31.7 Å². The van der Waals surface area contributed by atoms with Gasteiger partial charge in [-0.3, -0.25) is 4.79 Å². The minimum absolute atomic E-state index is 0.0765. The van der Waals surface area contributed by atoms with Crippen LogP contribution in [0.3, 0.4) is 0 Å². The van der Waals surface area contributed by atoms with E-state index in [1.54, 1.807) is 36.3 Å². The van der Waals surface area contributed by atoms with E-state index >= 15 is 0 Å². The van der Waals surface area contributed by atoms with Crippen molar-refractivity contribution in [2.75, 3.05) is 13.7 Å². The molecule has 1 aromatic rings. The number of amides is 1. The summed E-state index contributed by atoms with van der Waals surface area (Å²) in [4.78, 5) is 14.2. The van der Waals surface area contributed by atoms with Gasteiger partial charge in [-0.2, -0.15) is 5.26 Å². The molecule has 1 aliphatic rings. The lowest BCUT2D eigenvalue weighted by molar-refractivity contribution is 0.0709. The highest BCUT2D eigenvalue weighted by molar-refractivity contribution is 5.95. The second-order valence-corrected chi connectivity index (χ2v) is 4.76. The average molecular weight is 258 g/mol. The molecule has 0 spiro atoms. The van der Waals surface area contributed by atoms with E-state index in [0.29, 0.717) is 11.3 Å². The lowest BCUT2D eigenvalue weighted by Crippen LogP contribution is -2.39. The second-order valence-electron chi connectivity index (χ2n) is 4.76. The number of ether oxygens (including phenoxy) is 1. The Morgan fingerprint density at radius 1 is 1.47 bits per heavy atom. The van der Waals surface area contributed by atoms with Crippen LogP contribution < -0.4 is 4.74 Å². The maximum atomic E-state index is 12.5. The van der Waals surface area contributed by atoms with Gasteiger partial charge in [-0.05, 0) is 31.0 Å². The largest absolute Gasteiger partial charge is 0.497 e. The minimum atomic E-state index is -0.0765. The minimum Gasteiger partial charge on any atom is -0.497 e. The Bertz CT molecular complexity index is 487. The number of hydrogen-bond acceptors (Lipinski definition) is 3. The number of rotatable bonds is 4. The van der Waals surface area contributed by atoms with E-state index in [0.717, 1.165) is 25.7 Å². The number of nitrogens with zero attached hydrogens (tertiary/aromatic N) is 2. The summed E-state index contributed by atoms with van der Waals surface area (Å²) in [5, 5.41) is 8.92. The molecule has 4 nitrogen and oxygen atoms in total. The molecule has 4 heteroatoms. The Hall–Kier alpha value is -2.02. The molecule has 1 aromatic carbocycles. The molecule has 0 atom stereocenters. The number of carbonyl (C=O) groups excluding carboxylic acids is 1. The maximum Gasteiger partial charge on any atom is 0.255 e. The van der Waals surface area contributed by atoms with E-state index in [1.807, 2.05) is 0 Å². The molecule has 0 heterocycles. The van der Waals surface area contributed by atoms with Gasteiger partial charge in [0.2, 0.25) is 0 Å². The lowest BCUT2D eigenvalue weighted by Gasteiger charge is -2.26. The van der Waals surface area contributed by atoms with Crippen LogP contribution in [0.5, 0.6) is 5.75 Å². The third-order valence-electron chi connectivity index (χ3n) is 3.58. The molecular formula is C15H18N2O2. The summed E-state index contributed by atoms with van der Waals surface area (Å²) in [5.41, 5.74) is 0.585. The lowest BCUT2D eigenvalue weighted by atomic mass is 10.1. The van der Waals surface area contributed by atoms with Gasteiger partial charge >= 0.3 is 0 Å². The van der Waals surface area contributed by atoms with Crippen molar-refractivity contribution < 1.29 is 9.53 Å². The van der Waals surface area contributed by atoms with Crippen molar-refractivity contribution in [3.05, 3.63) is 29.8 Å². The predicted molar refractivity (Wildman–Crippen MR) is 71.9 cm³/mol. The van der Waals surface area contributed by atoms with Crippen LogP contribution >= 0.6 is 0 Å². The fraction of sp³-hybridized carbons (Fsp3) is 0.467. The van der Waals surface area contributed by atoms with Crippen LogP contribution in [0.2, 0.25) is 0 Å². The standard InChI is InChI=1S/C15H18N2O2/c1-19-14-8-4-5-12(11-14)15(18)17(10-9-16)13-6-2-3-7-13/h4-5,8,11,13H,2-3,6-7,10H2,1H3. The van der Waals surface area contributed by atoms with Gasteiger partial charge in [0, 0.05) is 11.6 Å². The van der Waals surface area contributed by atoms with Crippen LogP contribution in [0.25, 0.3) is 0 Å². The molecule has 0 bridgehead atoms. The highest BCUT2D eigenvalue weighted by Gasteiger charge is 2.27. The van der Waals surface area contributed by atoms with Crippen molar-refractivity contribution in [1.29, 1.82) is 5.26 Å². The molecule has 0 unspecified atom stereocenters. The Morgan fingerprint density at radius 3 is 2.84 bits per heavy atom. The number of carbonyl (C=O) groups is 1. The molecule has 1 amide bonds. The maximum absolute atomic E-state index is 12.5. The molecule has 1 fully saturated rings. The smallest absolute Gasteiger partial charge is 0.255 e. The van der Waals surface area contributed by atoms with E-state index in [4.69, 9.17) is 10.00 Å². The van der Waals surface area contributed by atoms with Crippen molar-refractivity contribution in [3.63, 3.8) is 0 Å². The summed E-state index contributed by atoms with van der Waals surface area (Å²) >= 11 is 0. The third kappa shape index (κ3) is 3.05. The molecule has 0 radical (unpaired) electrons. The topological polar surface area (TPSA) is 53.3 Å². The molecule has 0 saturated heterocycles. The van der Waals surface area contributed by atoms with Crippen molar-refractivity contribution in [1.82, 2.24) is 4.90 Å². The predicted octanol–water partition coefficient (Wildman–Crippen LogP) is 2.60. The Morgan fingerprint density at radius 2 is 2.21 bits per heavy atom. The first-order valence-electron chi connectivity index (χ1n) is 6.58. The van der Waals surface area contributed by atoms with Crippen LogP contribution in [-0.2, 0) is 0 Å². The van der Waals surface area contributed by atoms with Crippen molar-refractivity contribution in [2.24, 2.45) is 0 Å². The first kappa shape index (κ1) is 13.4. The number of benzene rings is 1. The Balaban J connectivity index is 2.20. The van der Waals surface area contributed by atoms with Crippen LogP contribution in [0.15, 0.2) is 24.3 Å². The van der Waals surface area contributed by atoms with E-state index in [-0.39, 0.29) is 18.5 Å². The fourth-order valence-corrected chi connectivity index (χ4v) is 2.58. The SMILES string of the molecule is COc1cccc(C(=O)N(CC#N)C2CCCC2)c1. The van der Waals surface area contributed by atoms with Gasteiger partial charge in [-0.1, -0.05) is 18.9 Å². The third-order valence-corrected chi connectivity index (χ3v) is 3.58. The van der Waals surface area contributed by atoms with Crippen LogP contribution in [0.4, 0.5) is 0 Å². The van der Waals surface area contributed by atoms with Crippen molar-refractivity contribution in [3.8, 4) is 11.8 Å². The van der Waals surface area contributed by atoms with Gasteiger partial charge < -0.3 is 9.64 Å². The van der Waals surface area contributed by atoms with Gasteiger partial charge in [0.25, 0.3) is 5.91 Å². The van der Waals surface area contributed by atoms with Crippen LogP contribution in [0, 0.1) is 11.3 Å². The second kappa shape index (κ2) is 6.24. The summed E-state index contributed by atoms with van der Waals surface area (Å²) in [6.45, 7) is 0.153. The highest BCUT2D eigenvalue weighted by Crippen LogP contribution is 2.25. The summed E-state index contributed by atoms with van der Waals surface area (Å²) in [7, 11) is 1.58. The summed E-state index contributed by atoms with van der Waals surface area (Å²) in [6, 6.07) is 9.40. The molecule has 1 saturated carbocycles. The molecule has 19 heavy (non-hydrogen) atoms. The van der Waals surface area contributed by atoms with Gasteiger partial charge in [0.15, 0.2) is 0 Å². The van der Waals surface area contributed by atoms with Gasteiger partial charge in [0.05, 0.1) is 13.2 Å². The van der Waals surface area contributed by atoms with Gasteiger partial charge in [0.1, 0.15) is 12.3 Å². The molecular weight excluding hydrogens is 240 g/mol. The zero-order chi connectivity index (χ0) is 13.7. The summed E-state index contributed by atoms with van der Waals surface area (Å²) in [6.07, 6.45) is 4.27. The van der Waals surface area contributed by atoms with E-state index < -0.39 is 0 Å². The van der Waals surface area contributed by atoms with E-state index in [9.17, 15) is 4.79 Å². The summed E-state index contributed by atoms with van der Waals surface area (Å²) < 4.78 is 5.13. The number of nitriles is 1. The molecule has 100 valence electrons. The first-order chi connectivity index (χ1) is 9.26. The zero-order valence-electron chi connectivity index (χ0n) is 11.1. The molecule has 2 rings (SSSR count). The van der Waals surface area contributed by atoms with Crippen molar-refractivity contribution >= 4 is 5.91 Å². The molecule has 0 aliphatic heterocycles. The van der Waals surface area contributed by atoms with Gasteiger partial charge in [-0.15, -0.1) is 0 Å². The average Bonchev–Trinajstić information content (AvgIpc) is 2.98. The molecule has 0 N–H and O–H groups in total. The van der Waals surface area contributed by atoms with Crippen LogP contribution in [-0.4, -0.2) is 30.5 Å². The number of hydrogen-bond donors (Lipinski definition) is 0. The monoisotopic (exact) mass is 258 g/mol. The van der Waals surface area contributed by atoms with Gasteiger partial charge in [-0.25, -0.2) is 0 Å². The quantitative estimate of drug-likeness (QED) is 0.780. The molecule has 1 aliphatic carbocycles. The first-order valence-corrected chi connectivity index (χ1v) is 6.58. The van der Waals surface area contributed by atoms with E-state index in [2.05, 4.69) is 6.07 Å². The fourth-order valence-electron chi connectivity index (χ4n) is 2.58. The van der Waals surface area contributed by atoms with E-state index in [1.165, 1.54) is 0 Å². The highest BCUT2D eigenvalue weighted by atomic mass is 16.5. The molecule has 0 aromatic heterocycles.